The normalized spacial score (nSPS) is 9.88. The summed E-state index contributed by atoms with van der Waals surface area (Å²) in [5, 5.41) is 20.0. The Morgan fingerprint density at radius 3 is 2.56 bits per heavy atom. The highest BCUT2D eigenvalue weighted by molar-refractivity contribution is 5.94. The fraction of sp³-hybridized carbons (Fsp3) is 0.250. The molecule has 0 atom stereocenters. The van der Waals surface area contributed by atoms with E-state index >= 15 is 0 Å². The van der Waals surface area contributed by atoms with Gasteiger partial charge in [-0.05, 0) is 6.92 Å². The number of aryl methyl sites for hydroxylation is 1. The van der Waals surface area contributed by atoms with Crippen LogP contribution in [0.15, 0.2) is 4.79 Å². The Morgan fingerprint density at radius 1 is 1.56 bits per heavy atom. The third kappa shape index (κ3) is 1.72. The largest absolute Gasteiger partial charge is 0.501 e. The Labute approximate surface area is 88.6 Å². The number of carbonyl (C=O) groups is 1. The summed E-state index contributed by atoms with van der Waals surface area (Å²) in [7, 11) is 1.05. The van der Waals surface area contributed by atoms with Gasteiger partial charge in [0, 0.05) is 5.69 Å². The van der Waals surface area contributed by atoms with Gasteiger partial charge in [0.2, 0.25) is 5.75 Å². The van der Waals surface area contributed by atoms with E-state index in [2.05, 4.69) is 9.72 Å². The SMILES string of the molecule is COC(=O)c1c(C)[nH]c(=O)c([N+](=O)[O-])c1O. The minimum absolute atomic E-state index is 0.0000463. The molecule has 0 saturated carbocycles. The molecule has 1 rings (SSSR count). The van der Waals surface area contributed by atoms with E-state index in [1.807, 2.05) is 0 Å². The zero-order valence-electron chi connectivity index (χ0n) is 8.44. The first-order valence-electron chi connectivity index (χ1n) is 4.08. The van der Waals surface area contributed by atoms with Crippen molar-refractivity contribution in [3.63, 3.8) is 0 Å². The van der Waals surface area contributed by atoms with Crippen LogP contribution >= 0.6 is 0 Å². The highest BCUT2D eigenvalue weighted by Crippen LogP contribution is 2.27. The van der Waals surface area contributed by atoms with Gasteiger partial charge in [0.1, 0.15) is 5.56 Å². The molecule has 8 nitrogen and oxygen atoms in total. The lowest BCUT2D eigenvalue weighted by atomic mass is 10.1. The van der Waals surface area contributed by atoms with Gasteiger partial charge >= 0.3 is 17.2 Å². The number of aromatic amines is 1. The molecule has 1 aromatic heterocycles. The molecule has 0 unspecified atom stereocenters. The molecule has 1 heterocycles. The van der Waals surface area contributed by atoms with E-state index in [0.29, 0.717) is 0 Å². The molecule has 0 fully saturated rings. The lowest BCUT2D eigenvalue weighted by Gasteiger charge is -2.05. The molecular weight excluding hydrogens is 220 g/mol. The van der Waals surface area contributed by atoms with Crippen molar-refractivity contribution in [2.45, 2.75) is 6.92 Å². The summed E-state index contributed by atoms with van der Waals surface area (Å²) in [5.74, 6) is -1.95. The molecule has 0 amide bonds. The molecule has 16 heavy (non-hydrogen) atoms. The predicted octanol–water partition coefficient (Wildman–Crippen LogP) is 0.0837. The van der Waals surface area contributed by atoms with Crippen LogP contribution in [-0.2, 0) is 4.74 Å². The Hall–Kier alpha value is -2.38. The number of hydrogen-bond acceptors (Lipinski definition) is 6. The maximum absolute atomic E-state index is 11.2. The number of aromatic nitrogens is 1. The summed E-state index contributed by atoms with van der Waals surface area (Å²) in [4.78, 5) is 33.9. The number of nitrogens with one attached hydrogen (secondary N) is 1. The highest BCUT2D eigenvalue weighted by Gasteiger charge is 2.28. The summed E-state index contributed by atoms with van der Waals surface area (Å²) >= 11 is 0. The molecule has 8 heteroatoms. The highest BCUT2D eigenvalue weighted by atomic mass is 16.6. The van der Waals surface area contributed by atoms with Crippen molar-refractivity contribution < 1.29 is 19.6 Å². The number of methoxy groups -OCH3 is 1. The quantitative estimate of drug-likeness (QED) is 0.420. The maximum atomic E-state index is 11.2. The molecule has 1 aromatic rings. The summed E-state index contributed by atoms with van der Waals surface area (Å²) < 4.78 is 4.33. The van der Waals surface area contributed by atoms with E-state index in [0.717, 1.165) is 7.11 Å². The van der Waals surface area contributed by atoms with E-state index < -0.39 is 33.5 Å². The van der Waals surface area contributed by atoms with Crippen molar-refractivity contribution in [1.29, 1.82) is 0 Å². The van der Waals surface area contributed by atoms with Crippen LogP contribution in [0.5, 0.6) is 5.75 Å². The Balaban J connectivity index is 3.64. The molecular formula is C8H8N2O6. The molecule has 0 aliphatic heterocycles. The number of H-pyrrole nitrogens is 1. The monoisotopic (exact) mass is 228 g/mol. The van der Waals surface area contributed by atoms with E-state index in [-0.39, 0.29) is 5.69 Å². The van der Waals surface area contributed by atoms with E-state index in [4.69, 9.17) is 0 Å². The van der Waals surface area contributed by atoms with Gasteiger partial charge in [0.05, 0.1) is 12.0 Å². The van der Waals surface area contributed by atoms with Gasteiger partial charge in [-0.3, -0.25) is 14.9 Å². The van der Waals surface area contributed by atoms with Gasteiger partial charge in [-0.1, -0.05) is 0 Å². The van der Waals surface area contributed by atoms with Crippen molar-refractivity contribution in [1.82, 2.24) is 4.98 Å². The van der Waals surface area contributed by atoms with Crippen molar-refractivity contribution in [3.05, 3.63) is 31.7 Å². The predicted molar refractivity (Wildman–Crippen MR) is 51.5 cm³/mol. The van der Waals surface area contributed by atoms with E-state index in [9.17, 15) is 24.8 Å². The first-order valence-corrected chi connectivity index (χ1v) is 4.08. The third-order valence-electron chi connectivity index (χ3n) is 1.92. The second-order valence-corrected chi connectivity index (χ2v) is 2.90. The second-order valence-electron chi connectivity index (χ2n) is 2.90. The Morgan fingerprint density at radius 2 is 2.12 bits per heavy atom. The van der Waals surface area contributed by atoms with Gasteiger partial charge in [0.25, 0.3) is 0 Å². The zero-order valence-corrected chi connectivity index (χ0v) is 8.44. The lowest BCUT2D eigenvalue weighted by molar-refractivity contribution is -0.387. The van der Waals surface area contributed by atoms with Crippen LogP contribution in [0.2, 0.25) is 0 Å². The smallest absolute Gasteiger partial charge is 0.375 e. The lowest BCUT2D eigenvalue weighted by Crippen LogP contribution is -2.17. The molecule has 0 aliphatic rings. The van der Waals surface area contributed by atoms with Gasteiger partial charge in [-0.15, -0.1) is 0 Å². The minimum atomic E-state index is -1.08. The molecule has 0 saturated heterocycles. The average Bonchev–Trinajstić information content (AvgIpc) is 2.15. The fourth-order valence-corrected chi connectivity index (χ4v) is 1.22. The molecule has 0 bridgehead atoms. The van der Waals surface area contributed by atoms with Crippen molar-refractivity contribution in [3.8, 4) is 5.75 Å². The van der Waals surface area contributed by atoms with Crippen molar-refractivity contribution in [2.24, 2.45) is 0 Å². The standard InChI is InChI=1S/C8H8N2O6/c1-3-4(8(13)16-2)6(11)5(10(14)15)7(12)9-3/h1-2H3,(H2,9,11,12). The van der Waals surface area contributed by atoms with Gasteiger partial charge < -0.3 is 14.8 Å². The van der Waals surface area contributed by atoms with Crippen molar-refractivity contribution >= 4 is 11.7 Å². The molecule has 86 valence electrons. The van der Waals surface area contributed by atoms with Gasteiger partial charge in [-0.25, -0.2) is 4.79 Å². The first-order chi connectivity index (χ1) is 7.40. The molecule has 0 spiro atoms. The van der Waals surface area contributed by atoms with Crippen molar-refractivity contribution in [2.75, 3.05) is 7.11 Å². The zero-order chi connectivity index (χ0) is 12.5. The number of hydrogen-bond donors (Lipinski definition) is 2. The van der Waals surface area contributed by atoms with Crippen LogP contribution in [-0.4, -0.2) is 28.1 Å². The fourth-order valence-electron chi connectivity index (χ4n) is 1.22. The summed E-state index contributed by atoms with van der Waals surface area (Å²) in [6.45, 7) is 1.32. The molecule has 0 aliphatic carbocycles. The Bertz CT molecular complexity index is 518. The van der Waals surface area contributed by atoms with Gasteiger partial charge in [-0.2, -0.15) is 0 Å². The summed E-state index contributed by atoms with van der Waals surface area (Å²) in [6.07, 6.45) is 0. The first kappa shape index (κ1) is 11.7. The van der Waals surface area contributed by atoms with E-state index in [1.54, 1.807) is 0 Å². The van der Waals surface area contributed by atoms with E-state index in [1.165, 1.54) is 6.92 Å². The molecule has 2 N–H and O–H groups in total. The number of rotatable bonds is 2. The number of esters is 1. The summed E-state index contributed by atoms with van der Waals surface area (Å²) in [5.41, 5.74) is -2.58. The number of ether oxygens (including phenoxy) is 1. The van der Waals surface area contributed by atoms with Crippen LogP contribution in [0.3, 0.4) is 0 Å². The maximum Gasteiger partial charge on any atom is 0.375 e. The molecule has 0 radical (unpaired) electrons. The molecule has 0 aromatic carbocycles. The number of pyridine rings is 1. The number of nitro groups is 1. The number of nitrogens with zero attached hydrogens (tertiary/aromatic N) is 1. The Kier molecular flexibility index (Phi) is 2.93. The van der Waals surface area contributed by atoms with Crippen LogP contribution in [0, 0.1) is 17.0 Å². The minimum Gasteiger partial charge on any atom is -0.501 e. The third-order valence-corrected chi connectivity index (χ3v) is 1.92. The topological polar surface area (TPSA) is 123 Å². The van der Waals surface area contributed by atoms with Crippen LogP contribution < -0.4 is 5.56 Å². The van der Waals surface area contributed by atoms with Gasteiger partial charge in [0.15, 0.2) is 0 Å². The van der Waals surface area contributed by atoms with Crippen LogP contribution in [0.1, 0.15) is 16.1 Å². The van der Waals surface area contributed by atoms with Crippen LogP contribution in [0.25, 0.3) is 0 Å². The number of carbonyl (C=O) groups excluding carboxylic acids is 1. The number of aromatic hydroxyl groups is 1. The average molecular weight is 228 g/mol. The summed E-state index contributed by atoms with van der Waals surface area (Å²) in [6, 6.07) is 0. The second kappa shape index (κ2) is 4.01. The van der Waals surface area contributed by atoms with Crippen LogP contribution in [0.4, 0.5) is 5.69 Å².